The minimum absolute atomic E-state index is 0.173. The second-order valence-corrected chi connectivity index (χ2v) is 6.27. The third kappa shape index (κ3) is 3.17. The van der Waals surface area contributed by atoms with Crippen molar-refractivity contribution in [2.45, 2.75) is 12.8 Å². The Morgan fingerprint density at radius 2 is 1.70 bits per heavy atom. The van der Waals surface area contributed by atoms with Crippen LogP contribution in [-0.2, 0) is 0 Å². The number of ketones is 1. The molecular weight excluding hydrogens is 382 g/mol. The van der Waals surface area contributed by atoms with Gasteiger partial charge in [-0.25, -0.2) is 0 Å². The summed E-state index contributed by atoms with van der Waals surface area (Å²) in [5, 5.41) is 9.35. The summed E-state index contributed by atoms with van der Waals surface area (Å²) < 4.78 is 1.75. The molecule has 4 heteroatoms. The van der Waals surface area contributed by atoms with E-state index in [0.717, 1.165) is 14.5 Å². The molecule has 1 unspecified atom stereocenters. The van der Waals surface area contributed by atoms with Crippen molar-refractivity contribution in [3.8, 4) is 6.07 Å². The predicted molar refractivity (Wildman–Crippen MR) is 85.7 cm³/mol. The van der Waals surface area contributed by atoms with Gasteiger partial charge >= 0.3 is 0 Å². The highest BCUT2D eigenvalue weighted by Gasteiger charge is 2.23. The summed E-state index contributed by atoms with van der Waals surface area (Å²) >= 11 is 6.71. The lowest BCUT2D eigenvalue weighted by Crippen LogP contribution is -2.12. The Morgan fingerprint density at radius 1 is 1.10 bits per heavy atom. The Morgan fingerprint density at radius 3 is 2.30 bits per heavy atom. The second kappa shape index (κ2) is 6.34. The van der Waals surface area contributed by atoms with E-state index in [4.69, 9.17) is 0 Å². The number of nitriles is 1. The smallest absolute Gasteiger partial charge is 0.184 e. The van der Waals surface area contributed by atoms with Gasteiger partial charge in [0.1, 0.15) is 5.92 Å². The molecule has 2 rings (SSSR count). The normalized spacial score (nSPS) is 11.7. The molecule has 1 atom stereocenters. The van der Waals surface area contributed by atoms with Gasteiger partial charge in [-0.3, -0.25) is 4.79 Å². The Labute approximate surface area is 134 Å². The van der Waals surface area contributed by atoms with Crippen LogP contribution < -0.4 is 0 Å². The maximum Gasteiger partial charge on any atom is 0.184 e. The standard InChI is InChI=1S/C16H11Br2NO/c1-10-2-5-13(18)8-14(10)16(20)15(9-19)11-3-6-12(17)7-4-11/h2-8,15H,1H3. The third-order valence-electron chi connectivity index (χ3n) is 3.06. The SMILES string of the molecule is Cc1ccc(Br)cc1C(=O)C(C#N)c1ccc(Br)cc1. The number of nitrogens with zero attached hydrogens (tertiary/aromatic N) is 1. The van der Waals surface area contributed by atoms with Gasteiger partial charge in [0.15, 0.2) is 5.78 Å². The van der Waals surface area contributed by atoms with Crippen LogP contribution >= 0.6 is 31.9 Å². The number of benzene rings is 2. The molecule has 0 heterocycles. The van der Waals surface area contributed by atoms with E-state index in [0.29, 0.717) is 11.1 Å². The van der Waals surface area contributed by atoms with Crippen molar-refractivity contribution in [3.05, 3.63) is 68.1 Å². The lowest BCUT2D eigenvalue weighted by atomic mass is 9.90. The Hall–Kier alpha value is -1.44. The van der Waals surface area contributed by atoms with Gasteiger partial charge in [-0.05, 0) is 42.3 Å². The molecule has 0 N–H and O–H groups in total. The molecule has 0 aliphatic rings. The van der Waals surface area contributed by atoms with Crippen molar-refractivity contribution in [3.63, 3.8) is 0 Å². The lowest BCUT2D eigenvalue weighted by Gasteiger charge is -2.11. The molecule has 0 amide bonds. The Balaban J connectivity index is 2.42. The maximum atomic E-state index is 12.6. The quantitative estimate of drug-likeness (QED) is 0.688. The van der Waals surface area contributed by atoms with Crippen molar-refractivity contribution in [1.29, 1.82) is 5.26 Å². The summed E-state index contributed by atoms with van der Waals surface area (Å²) in [6.45, 7) is 1.87. The number of hydrogen-bond donors (Lipinski definition) is 0. The number of rotatable bonds is 3. The number of hydrogen-bond acceptors (Lipinski definition) is 2. The minimum atomic E-state index is -0.781. The zero-order valence-electron chi connectivity index (χ0n) is 10.7. The molecule has 0 aliphatic carbocycles. The molecule has 0 aliphatic heterocycles. The number of aryl methyl sites for hydroxylation is 1. The van der Waals surface area contributed by atoms with Gasteiger partial charge in [0, 0.05) is 14.5 Å². The molecule has 0 saturated heterocycles. The number of Topliss-reactive ketones (excluding diaryl/α,β-unsaturated/α-hetero) is 1. The first-order chi connectivity index (χ1) is 9.52. The molecule has 0 fully saturated rings. The van der Waals surface area contributed by atoms with E-state index in [-0.39, 0.29) is 5.78 Å². The predicted octanol–water partition coefficient (Wildman–Crippen LogP) is 5.01. The summed E-state index contributed by atoms with van der Waals surface area (Å²) in [5.41, 5.74) is 2.16. The number of carbonyl (C=O) groups excluding carboxylic acids is 1. The Kier molecular flexibility index (Phi) is 4.74. The van der Waals surface area contributed by atoms with Gasteiger partial charge in [0.25, 0.3) is 0 Å². The van der Waals surface area contributed by atoms with Crippen LogP contribution in [0.25, 0.3) is 0 Å². The maximum absolute atomic E-state index is 12.6. The van der Waals surface area contributed by atoms with E-state index >= 15 is 0 Å². The van der Waals surface area contributed by atoms with Crippen LogP contribution in [0.15, 0.2) is 51.4 Å². The number of halogens is 2. The summed E-state index contributed by atoms with van der Waals surface area (Å²) in [6, 6.07) is 14.9. The fourth-order valence-corrected chi connectivity index (χ4v) is 2.58. The fraction of sp³-hybridized carbons (Fsp3) is 0.125. The van der Waals surface area contributed by atoms with E-state index in [9.17, 15) is 10.1 Å². The summed E-state index contributed by atoms with van der Waals surface area (Å²) in [4.78, 5) is 12.6. The van der Waals surface area contributed by atoms with Crippen LogP contribution in [0.2, 0.25) is 0 Å². The minimum Gasteiger partial charge on any atom is -0.292 e. The molecule has 2 nitrogen and oxygen atoms in total. The lowest BCUT2D eigenvalue weighted by molar-refractivity contribution is 0.0978. The largest absolute Gasteiger partial charge is 0.292 e. The van der Waals surface area contributed by atoms with Gasteiger partial charge in [-0.1, -0.05) is 50.1 Å². The first-order valence-corrected chi connectivity index (χ1v) is 7.57. The zero-order chi connectivity index (χ0) is 14.7. The van der Waals surface area contributed by atoms with Crippen LogP contribution in [0, 0.1) is 18.3 Å². The highest BCUT2D eigenvalue weighted by Crippen LogP contribution is 2.25. The van der Waals surface area contributed by atoms with Gasteiger partial charge in [0.2, 0.25) is 0 Å². The molecule has 100 valence electrons. The van der Waals surface area contributed by atoms with Crippen LogP contribution in [0.1, 0.15) is 27.4 Å². The van der Waals surface area contributed by atoms with Crippen molar-refractivity contribution < 1.29 is 4.79 Å². The van der Waals surface area contributed by atoms with Crippen LogP contribution in [0.3, 0.4) is 0 Å². The molecule has 0 aromatic heterocycles. The van der Waals surface area contributed by atoms with Gasteiger partial charge in [0.05, 0.1) is 6.07 Å². The fourth-order valence-electron chi connectivity index (χ4n) is 1.95. The van der Waals surface area contributed by atoms with Crippen molar-refractivity contribution >= 4 is 37.6 Å². The third-order valence-corrected chi connectivity index (χ3v) is 4.08. The van der Waals surface area contributed by atoms with Gasteiger partial charge in [-0.2, -0.15) is 5.26 Å². The first-order valence-electron chi connectivity index (χ1n) is 5.98. The highest BCUT2D eigenvalue weighted by molar-refractivity contribution is 9.10. The monoisotopic (exact) mass is 391 g/mol. The number of carbonyl (C=O) groups is 1. The molecule has 0 radical (unpaired) electrons. The first kappa shape index (κ1) is 15.0. The van der Waals surface area contributed by atoms with Crippen molar-refractivity contribution in [2.75, 3.05) is 0 Å². The molecule has 0 spiro atoms. The topological polar surface area (TPSA) is 40.9 Å². The van der Waals surface area contributed by atoms with Crippen LogP contribution in [0.4, 0.5) is 0 Å². The summed E-state index contributed by atoms with van der Waals surface area (Å²) in [7, 11) is 0. The molecule has 0 saturated carbocycles. The van der Waals surface area contributed by atoms with Crippen molar-refractivity contribution in [1.82, 2.24) is 0 Å². The summed E-state index contributed by atoms with van der Waals surface area (Å²) in [5.74, 6) is -0.954. The summed E-state index contributed by atoms with van der Waals surface area (Å²) in [6.07, 6.45) is 0. The molecule has 2 aromatic rings. The van der Waals surface area contributed by atoms with E-state index in [2.05, 4.69) is 37.9 Å². The average molecular weight is 393 g/mol. The Bertz CT molecular complexity index is 687. The van der Waals surface area contributed by atoms with E-state index < -0.39 is 5.92 Å². The second-order valence-electron chi connectivity index (χ2n) is 4.44. The average Bonchev–Trinajstić information content (AvgIpc) is 2.44. The van der Waals surface area contributed by atoms with Gasteiger partial charge in [-0.15, -0.1) is 0 Å². The van der Waals surface area contributed by atoms with E-state index in [1.165, 1.54) is 0 Å². The van der Waals surface area contributed by atoms with Crippen LogP contribution in [-0.4, -0.2) is 5.78 Å². The zero-order valence-corrected chi connectivity index (χ0v) is 13.9. The van der Waals surface area contributed by atoms with E-state index in [1.807, 2.05) is 31.2 Å². The molecule has 20 heavy (non-hydrogen) atoms. The van der Waals surface area contributed by atoms with Gasteiger partial charge < -0.3 is 0 Å². The van der Waals surface area contributed by atoms with E-state index in [1.54, 1.807) is 18.2 Å². The van der Waals surface area contributed by atoms with Crippen molar-refractivity contribution in [2.24, 2.45) is 0 Å². The highest BCUT2D eigenvalue weighted by atomic mass is 79.9. The molecule has 0 bridgehead atoms. The van der Waals surface area contributed by atoms with Crippen LogP contribution in [0.5, 0.6) is 0 Å². The molecule has 2 aromatic carbocycles. The molecular formula is C16H11Br2NO.